The van der Waals surface area contributed by atoms with E-state index in [2.05, 4.69) is 108 Å². The van der Waals surface area contributed by atoms with Crippen LogP contribution in [0.25, 0.3) is 44.2 Å². The summed E-state index contributed by atoms with van der Waals surface area (Å²) in [5.74, 6) is 1.66. The topological polar surface area (TPSA) is 25.6 Å². The van der Waals surface area contributed by atoms with E-state index in [1.165, 1.54) is 11.1 Å². The van der Waals surface area contributed by atoms with Crippen molar-refractivity contribution in [1.82, 2.24) is 0 Å². The van der Waals surface area contributed by atoms with Crippen LogP contribution in [0.3, 0.4) is 0 Å². The summed E-state index contributed by atoms with van der Waals surface area (Å²) in [4.78, 5) is 2.27. The molecule has 1 aliphatic heterocycles. The molecule has 184 valence electrons. The first-order chi connectivity index (χ1) is 19.3. The van der Waals surface area contributed by atoms with Crippen LogP contribution in [0.5, 0.6) is 11.5 Å². The van der Waals surface area contributed by atoms with E-state index in [0.717, 1.165) is 61.6 Å². The van der Waals surface area contributed by atoms with Crippen molar-refractivity contribution in [1.29, 1.82) is 0 Å². The van der Waals surface area contributed by atoms with Gasteiger partial charge < -0.3 is 14.1 Å². The average molecular weight is 502 g/mol. The fraction of sp³-hybridized carbons (Fsp3) is 0. The Morgan fingerprint density at radius 1 is 0.410 bits per heavy atom. The minimum atomic E-state index is 0.822. The number of nitrogens with zero attached hydrogens (tertiary/aromatic N) is 1. The standard InChI is InChI=1S/C36H23NO2/c1-2-8-24(9-3-1)25-14-18-28(19-15-25)37-31-11-5-7-13-34(31)39-36-23-27(17-21-32(36)37)26-16-20-30-29-10-4-6-12-33(29)38-35(30)22-26/h1-23H. The summed E-state index contributed by atoms with van der Waals surface area (Å²) in [6.45, 7) is 0. The smallest absolute Gasteiger partial charge is 0.152 e. The van der Waals surface area contributed by atoms with Crippen LogP contribution in [0.15, 0.2) is 144 Å². The van der Waals surface area contributed by atoms with Crippen LogP contribution >= 0.6 is 0 Å². The SMILES string of the molecule is c1ccc(-c2ccc(N3c4ccccc4Oc4cc(-c5ccc6c(c5)oc5ccccc56)ccc43)cc2)cc1. The summed E-state index contributed by atoms with van der Waals surface area (Å²) < 4.78 is 12.6. The predicted octanol–water partition coefficient (Wildman–Crippen LogP) is 10.5. The molecule has 1 aromatic heterocycles. The maximum atomic E-state index is 6.45. The Labute approximate surface area is 226 Å². The quantitative estimate of drug-likeness (QED) is 0.241. The van der Waals surface area contributed by atoms with Crippen molar-refractivity contribution in [3.05, 3.63) is 140 Å². The summed E-state index contributed by atoms with van der Waals surface area (Å²) in [5.41, 5.74) is 9.48. The van der Waals surface area contributed by atoms with Gasteiger partial charge in [0, 0.05) is 16.5 Å². The third-order valence-electron chi connectivity index (χ3n) is 7.47. The number of ether oxygens (including phenoxy) is 1. The maximum Gasteiger partial charge on any atom is 0.152 e. The van der Waals surface area contributed by atoms with Crippen molar-refractivity contribution in [3.8, 4) is 33.8 Å². The molecule has 0 saturated carbocycles. The zero-order valence-corrected chi connectivity index (χ0v) is 21.0. The maximum absolute atomic E-state index is 6.45. The summed E-state index contributed by atoms with van der Waals surface area (Å²) in [7, 11) is 0. The highest BCUT2D eigenvalue weighted by molar-refractivity contribution is 6.06. The van der Waals surface area contributed by atoms with Gasteiger partial charge in [-0.25, -0.2) is 0 Å². The Balaban J connectivity index is 1.22. The third kappa shape index (κ3) is 3.59. The van der Waals surface area contributed by atoms with Gasteiger partial charge in [-0.15, -0.1) is 0 Å². The fourth-order valence-electron chi connectivity index (χ4n) is 5.55. The van der Waals surface area contributed by atoms with Crippen LogP contribution in [0.4, 0.5) is 17.1 Å². The van der Waals surface area contributed by atoms with E-state index < -0.39 is 0 Å². The van der Waals surface area contributed by atoms with E-state index in [1.807, 2.05) is 36.4 Å². The molecule has 0 saturated heterocycles. The van der Waals surface area contributed by atoms with Crippen molar-refractivity contribution < 1.29 is 9.15 Å². The number of hydrogen-bond donors (Lipinski definition) is 0. The highest BCUT2D eigenvalue weighted by Gasteiger charge is 2.26. The first-order valence-electron chi connectivity index (χ1n) is 13.1. The van der Waals surface area contributed by atoms with Crippen molar-refractivity contribution in [3.63, 3.8) is 0 Å². The molecule has 6 aromatic carbocycles. The van der Waals surface area contributed by atoms with E-state index >= 15 is 0 Å². The van der Waals surface area contributed by atoms with Crippen molar-refractivity contribution >= 4 is 39.0 Å². The number of benzene rings is 6. The van der Waals surface area contributed by atoms with Crippen LogP contribution < -0.4 is 9.64 Å². The lowest BCUT2D eigenvalue weighted by molar-refractivity contribution is 0.477. The minimum absolute atomic E-state index is 0.822. The Morgan fingerprint density at radius 3 is 1.95 bits per heavy atom. The van der Waals surface area contributed by atoms with Gasteiger partial charge in [0.1, 0.15) is 11.2 Å². The Hall–Kier alpha value is -5.28. The van der Waals surface area contributed by atoms with E-state index in [1.54, 1.807) is 0 Å². The molecule has 1 aliphatic rings. The Bertz CT molecular complexity index is 1990. The van der Waals surface area contributed by atoms with Crippen LogP contribution in [-0.4, -0.2) is 0 Å². The van der Waals surface area contributed by atoms with Gasteiger partial charge in [-0.05, 0) is 76.9 Å². The van der Waals surface area contributed by atoms with Crippen LogP contribution in [0.1, 0.15) is 0 Å². The summed E-state index contributed by atoms with van der Waals surface area (Å²) in [5, 5.41) is 2.26. The lowest BCUT2D eigenvalue weighted by Gasteiger charge is -2.33. The van der Waals surface area contributed by atoms with Gasteiger partial charge in [-0.1, -0.05) is 84.9 Å². The summed E-state index contributed by atoms with van der Waals surface area (Å²) in [6.07, 6.45) is 0. The lowest BCUT2D eigenvalue weighted by atomic mass is 10.0. The zero-order chi connectivity index (χ0) is 25.8. The van der Waals surface area contributed by atoms with Crippen LogP contribution in [-0.2, 0) is 0 Å². The normalized spacial score (nSPS) is 12.3. The van der Waals surface area contributed by atoms with Gasteiger partial charge in [-0.3, -0.25) is 0 Å². The highest BCUT2D eigenvalue weighted by Crippen LogP contribution is 2.51. The van der Waals surface area contributed by atoms with Gasteiger partial charge in [0.05, 0.1) is 11.4 Å². The predicted molar refractivity (Wildman–Crippen MR) is 159 cm³/mol. The fourth-order valence-corrected chi connectivity index (χ4v) is 5.55. The second-order valence-electron chi connectivity index (χ2n) is 9.81. The molecule has 7 aromatic rings. The molecular weight excluding hydrogens is 478 g/mol. The van der Waals surface area contributed by atoms with Gasteiger partial charge in [-0.2, -0.15) is 0 Å². The number of hydrogen-bond acceptors (Lipinski definition) is 3. The molecule has 0 aliphatic carbocycles. The highest BCUT2D eigenvalue weighted by atomic mass is 16.5. The molecule has 0 bridgehead atoms. The summed E-state index contributed by atoms with van der Waals surface area (Å²) in [6, 6.07) is 48.4. The van der Waals surface area contributed by atoms with Crippen molar-refractivity contribution in [2.24, 2.45) is 0 Å². The van der Waals surface area contributed by atoms with Crippen LogP contribution in [0, 0.1) is 0 Å². The van der Waals surface area contributed by atoms with Gasteiger partial charge in [0.15, 0.2) is 11.5 Å². The number of fused-ring (bicyclic) bond motifs is 5. The van der Waals surface area contributed by atoms with Crippen LogP contribution in [0.2, 0.25) is 0 Å². The van der Waals surface area contributed by atoms with Crippen molar-refractivity contribution in [2.45, 2.75) is 0 Å². The molecule has 0 amide bonds. The number of rotatable bonds is 3. The molecule has 0 fully saturated rings. The molecule has 0 unspecified atom stereocenters. The zero-order valence-electron chi connectivity index (χ0n) is 21.0. The minimum Gasteiger partial charge on any atom is -0.456 e. The molecule has 0 atom stereocenters. The average Bonchev–Trinajstić information content (AvgIpc) is 3.38. The van der Waals surface area contributed by atoms with Gasteiger partial charge >= 0.3 is 0 Å². The van der Waals surface area contributed by atoms with Gasteiger partial charge in [0.2, 0.25) is 0 Å². The first kappa shape index (κ1) is 21.8. The van der Waals surface area contributed by atoms with E-state index in [0.29, 0.717) is 0 Å². The molecule has 0 spiro atoms. The molecular formula is C36H23NO2. The number of para-hydroxylation sites is 3. The first-order valence-corrected chi connectivity index (χ1v) is 13.1. The molecule has 0 radical (unpaired) electrons. The molecule has 8 rings (SSSR count). The largest absolute Gasteiger partial charge is 0.456 e. The Morgan fingerprint density at radius 2 is 1.05 bits per heavy atom. The molecule has 39 heavy (non-hydrogen) atoms. The Kier molecular flexibility index (Phi) is 4.82. The third-order valence-corrected chi connectivity index (χ3v) is 7.47. The monoisotopic (exact) mass is 501 g/mol. The van der Waals surface area contributed by atoms with E-state index in [-0.39, 0.29) is 0 Å². The number of furan rings is 1. The van der Waals surface area contributed by atoms with Gasteiger partial charge in [0.25, 0.3) is 0 Å². The molecule has 0 N–H and O–H groups in total. The second kappa shape index (κ2) is 8.64. The molecule has 2 heterocycles. The molecule has 3 heteroatoms. The van der Waals surface area contributed by atoms with Crippen molar-refractivity contribution in [2.75, 3.05) is 4.90 Å². The number of anilines is 3. The molecule has 3 nitrogen and oxygen atoms in total. The van der Waals surface area contributed by atoms with E-state index in [9.17, 15) is 0 Å². The van der Waals surface area contributed by atoms with E-state index in [4.69, 9.17) is 9.15 Å². The second-order valence-corrected chi connectivity index (χ2v) is 9.81. The lowest BCUT2D eigenvalue weighted by Crippen LogP contribution is -2.15. The summed E-state index contributed by atoms with van der Waals surface area (Å²) >= 11 is 0.